The molecule has 0 unspecified atom stereocenters. The molecule has 2 amide bonds. The second-order valence-electron chi connectivity index (χ2n) is 7.99. The first-order valence-electron chi connectivity index (χ1n) is 11.0. The first-order valence-corrected chi connectivity index (χ1v) is 11.8. The molecule has 4 rings (SSSR count). The van der Waals surface area contributed by atoms with Gasteiger partial charge in [0.2, 0.25) is 0 Å². The van der Waals surface area contributed by atoms with Crippen molar-refractivity contribution in [2.75, 3.05) is 13.2 Å². The van der Waals surface area contributed by atoms with Crippen LogP contribution in [0.3, 0.4) is 0 Å². The predicted octanol–water partition coefficient (Wildman–Crippen LogP) is 4.46. The molecule has 0 bridgehead atoms. The summed E-state index contributed by atoms with van der Waals surface area (Å²) in [5.74, 6) is -1.81. The Balaban J connectivity index is 1.84. The lowest BCUT2D eigenvalue weighted by Gasteiger charge is -2.27. The van der Waals surface area contributed by atoms with Crippen molar-refractivity contribution < 1.29 is 19.1 Å². The molecule has 2 aromatic carbocycles. The molecule has 0 aliphatic carbocycles. The van der Waals surface area contributed by atoms with Crippen LogP contribution in [0, 0.1) is 11.3 Å². The maximum atomic E-state index is 13.4. The number of carbonyl (C=O) groups is 3. The fraction of sp³-hybridized carbons (Fsp3) is 0.148. The summed E-state index contributed by atoms with van der Waals surface area (Å²) in [5.41, 5.74) is 3.26. The van der Waals surface area contributed by atoms with Crippen molar-refractivity contribution in [1.29, 1.82) is 5.26 Å². The van der Waals surface area contributed by atoms with E-state index < -0.39 is 17.8 Å². The lowest BCUT2D eigenvalue weighted by molar-refractivity contribution is -0.147. The van der Waals surface area contributed by atoms with Crippen LogP contribution in [0.25, 0.3) is 23.0 Å². The molecule has 2 heterocycles. The van der Waals surface area contributed by atoms with Gasteiger partial charge in [-0.2, -0.15) is 10.4 Å². The maximum absolute atomic E-state index is 13.4. The van der Waals surface area contributed by atoms with E-state index in [9.17, 15) is 19.6 Å². The van der Waals surface area contributed by atoms with Crippen LogP contribution in [-0.2, 0) is 19.1 Å². The number of esters is 1. The molecule has 0 fully saturated rings. The van der Waals surface area contributed by atoms with E-state index in [1.807, 2.05) is 60.7 Å². The first kappa shape index (κ1) is 24.8. The van der Waals surface area contributed by atoms with E-state index in [-0.39, 0.29) is 29.9 Å². The van der Waals surface area contributed by atoms with Gasteiger partial charge in [-0.25, -0.2) is 4.68 Å². The number of aromatic nitrogens is 2. The lowest BCUT2D eigenvalue weighted by atomic mass is 9.93. The number of ether oxygens (including phenoxy) is 1. The summed E-state index contributed by atoms with van der Waals surface area (Å²) in [6.07, 6.45) is 3.44. The molecule has 0 radical (unpaired) electrons. The predicted molar refractivity (Wildman–Crippen MR) is 136 cm³/mol. The Kier molecular flexibility index (Phi) is 7.27. The van der Waals surface area contributed by atoms with Gasteiger partial charge in [0.1, 0.15) is 18.2 Å². The van der Waals surface area contributed by atoms with Gasteiger partial charge in [-0.05, 0) is 42.8 Å². The Morgan fingerprint density at radius 1 is 1.11 bits per heavy atom. The van der Waals surface area contributed by atoms with E-state index in [0.717, 1.165) is 20.6 Å². The smallest absolute Gasteiger partial charge is 0.302 e. The van der Waals surface area contributed by atoms with E-state index in [2.05, 4.69) is 15.9 Å². The minimum atomic E-state index is -0.711. The summed E-state index contributed by atoms with van der Waals surface area (Å²) >= 11 is 3.44. The van der Waals surface area contributed by atoms with E-state index in [0.29, 0.717) is 11.3 Å². The number of hydrogen-bond acceptors (Lipinski definition) is 6. The fourth-order valence-corrected chi connectivity index (χ4v) is 4.07. The van der Waals surface area contributed by atoms with Gasteiger partial charge in [-0.1, -0.05) is 46.3 Å². The average molecular weight is 545 g/mol. The minimum Gasteiger partial charge on any atom is -0.464 e. The maximum Gasteiger partial charge on any atom is 0.302 e. The zero-order chi connectivity index (χ0) is 25.8. The van der Waals surface area contributed by atoms with Crippen LogP contribution in [0.15, 0.2) is 82.0 Å². The van der Waals surface area contributed by atoms with Crippen molar-refractivity contribution in [1.82, 2.24) is 14.7 Å². The van der Waals surface area contributed by atoms with E-state index >= 15 is 0 Å². The quantitative estimate of drug-likeness (QED) is 0.257. The van der Waals surface area contributed by atoms with Gasteiger partial charge in [0.05, 0.1) is 17.9 Å². The van der Waals surface area contributed by atoms with Gasteiger partial charge in [0, 0.05) is 34.3 Å². The van der Waals surface area contributed by atoms with E-state index in [1.54, 1.807) is 23.9 Å². The van der Waals surface area contributed by atoms with E-state index in [1.165, 1.54) is 6.92 Å². The summed E-state index contributed by atoms with van der Waals surface area (Å²) in [7, 11) is 0. The number of rotatable bonds is 6. The molecule has 1 aliphatic rings. The molecule has 8 nitrogen and oxygen atoms in total. The van der Waals surface area contributed by atoms with Crippen LogP contribution < -0.4 is 0 Å². The number of hydrogen-bond donors (Lipinski definition) is 0. The van der Waals surface area contributed by atoms with Crippen LogP contribution in [0.5, 0.6) is 0 Å². The molecule has 0 N–H and O–H groups in total. The number of nitrogens with zero attached hydrogens (tertiary/aromatic N) is 4. The topological polar surface area (TPSA) is 105 Å². The average Bonchev–Trinajstić information content (AvgIpc) is 3.29. The molecule has 9 heteroatoms. The zero-order valence-electron chi connectivity index (χ0n) is 19.6. The molecule has 36 heavy (non-hydrogen) atoms. The number of amides is 2. The molecule has 180 valence electrons. The number of imide groups is 1. The molecule has 0 saturated heterocycles. The summed E-state index contributed by atoms with van der Waals surface area (Å²) in [4.78, 5) is 38.2. The highest BCUT2D eigenvalue weighted by molar-refractivity contribution is 9.10. The number of para-hydroxylation sites is 1. The summed E-state index contributed by atoms with van der Waals surface area (Å²) in [6, 6.07) is 19.1. The van der Waals surface area contributed by atoms with Crippen LogP contribution in [-0.4, -0.2) is 45.6 Å². The van der Waals surface area contributed by atoms with Crippen molar-refractivity contribution in [3.8, 4) is 23.0 Å². The summed E-state index contributed by atoms with van der Waals surface area (Å²) in [5, 5.41) is 14.4. The van der Waals surface area contributed by atoms with Crippen LogP contribution in [0.1, 0.15) is 19.4 Å². The van der Waals surface area contributed by atoms with Crippen molar-refractivity contribution >= 4 is 39.8 Å². The third-order valence-corrected chi connectivity index (χ3v) is 6.16. The van der Waals surface area contributed by atoms with Crippen LogP contribution in [0.2, 0.25) is 0 Å². The van der Waals surface area contributed by atoms with Crippen molar-refractivity contribution in [3.05, 3.63) is 87.5 Å². The molecule has 0 spiro atoms. The summed E-state index contributed by atoms with van der Waals surface area (Å²) < 4.78 is 7.53. The Morgan fingerprint density at radius 2 is 1.81 bits per heavy atom. The largest absolute Gasteiger partial charge is 0.464 e. The first-order chi connectivity index (χ1) is 17.3. The minimum absolute atomic E-state index is 0.135. The second kappa shape index (κ2) is 10.5. The van der Waals surface area contributed by atoms with Gasteiger partial charge in [-0.3, -0.25) is 19.3 Å². The Hall–Kier alpha value is -4.29. The number of carbonyl (C=O) groups excluding carboxylic acids is 3. The number of halogens is 1. The molecular weight excluding hydrogens is 524 g/mol. The highest BCUT2D eigenvalue weighted by Crippen LogP contribution is 2.31. The number of benzene rings is 2. The molecule has 0 saturated carbocycles. The Bertz CT molecular complexity index is 1450. The standard InChI is InChI=1S/C27H21BrN4O4/c1-17-23(26(34)31(12-13-36-18(2)33)27(35)24(17)15-29)14-20-16-32(22-6-4-3-5-7-22)30-25(20)19-8-10-21(28)11-9-19/h3-11,14,16H,12-13H2,1-2H3/b23-14+. The normalized spacial score (nSPS) is 14.8. The van der Waals surface area contributed by atoms with E-state index in [4.69, 9.17) is 9.84 Å². The van der Waals surface area contributed by atoms with Gasteiger partial charge in [0.15, 0.2) is 0 Å². The molecule has 0 atom stereocenters. The van der Waals surface area contributed by atoms with Crippen molar-refractivity contribution in [2.24, 2.45) is 0 Å². The Morgan fingerprint density at radius 3 is 2.44 bits per heavy atom. The summed E-state index contributed by atoms with van der Waals surface area (Å²) in [6.45, 7) is 2.50. The molecule has 1 aliphatic heterocycles. The SMILES string of the molecule is CC(=O)OCCN1C(=O)C(C#N)=C(C)/C(=C\c2cn(-c3ccccc3)nc2-c2ccc(Br)cc2)C1=O. The Labute approximate surface area is 216 Å². The monoisotopic (exact) mass is 544 g/mol. The van der Waals surface area contributed by atoms with Gasteiger partial charge >= 0.3 is 5.97 Å². The lowest BCUT2D eigenvalue weighted by Crippen LogP contribution is -2.44. The van der Waals surface area contributed by atoms with Crippen LogP contribution >= 0.6 is 15.9 Å². The van der Waals surface area contributed by atoms with Gasteiger partial charge in [0.25, 0.3) is 11.8 Å². The van der Waals surface area contributed by atoms with Crippen LogP contribution in [0.4, 0.5) is 0 Å². The molecule has 3 aromatic rings. The molecule has 1 aromatic heterocycles. The van der Waals surface area contributed by atoms with Gasteiger partial charge in [-0.15, -0.1) is 0 Å². The van der Waals surface area contributed by atoms with Crippen molar-refractivity contribution in [2.45, 2.75) is 13.8 Å². The number of nitriles is 1. The van der Waals surface area contributed by atoms with Crippen molar-refractivity contribution in [3.63, 3.8) is 0 Å². The third-order valence-electron chi connectivity index (χ3n) is 5.63. The highest BCUT2D eigenvalue weighted by atomic mass is 79.9. The van der Waals surface area contributed by atoms with Gasteiger partial charge < -0.3 is 4.74 Å². The fourth-order valence-electron chi connectivity index (χ4n) is 3.81. The zero-order valence-corrected chi connectivity index (χ0v) is 21.2. The second-order valence-corrected chi connectivity index (χ2v) is 8.91. The third kappa shape index (κ3) is 5.04. The molecular formula is C27H21BrN4O4. The highest BCUT2D eigenvalue weighted by Gasteiger charge is 2.35.